The van der Waals surface area contributed by atoms with Gasteiger partial charge in [0.1, 0.15) is 17.8 Å². The lowest BCUT2D eigenvalue weighted by Gasteiger charge is -2.14. The van der Waals surface area contributed by atoms with Gasteiger partial charge in [0.15, 0.2) is 11.6 Å². The number of fused-ring (bicyclic) bond motifs is 1. The third kappa shape index (κ3) is 4.43. The summed E-state index contributed by atoms with van der Waals surface area (Å²) in [6, 6.07) is 8.46. The predicted octanol–water partition coefficient (Wildman–Crippen LogP) is 4.09. The number of hydrogen-bond donors (Lipinski definition) is 1. The Morgan fingerprint density at radius 1 is 1.08 bits per heavy atom. The Bertz CT molecular complexity index is 1440. The van der Waals surface area contributed by atoms with Crippen molar-refractivity contribution in [3.8, 4) is 17.0 Å². The van der Waals surface area contributed by atoms with Gasteiger partial charge in [-0.2, -0.15) is 18.3 Å². The van der Waals surface area contributed by atoms with E-state index < -0.39 is 17.5 Å². The highest BCUT2D eigenvalue weighted by atomic mass is 19.4. The van der Waals surface area contributed by atoms with Crippen molar-refractivity contribution in [3.05, 3.63) is 71.6 Å². The van der Waals surface area contributed by atoms with Crippen LogP contribution in [0.2, 0.25) is 0 Å². The fraction of sp³-hybridized carbons (Fsp3) is 0.320. The van der Waals surface area contributed by atoms with E-state index in [9.17, 15) is 18.0 Å². The average molecular weight is 510 g/mol. The van der Waals surface area contributed by atoms with Crippen LogP contribution in [0.15, 0.2) is 53.4 Å². The van der Waals surface area contributed by atoms with Crippen LogP contribution in [0, 0.1) is 0 Å². The molecule has 0 unspecified atom stereocenters. The summed E-state index contributed by atoms with van der Waals surface area (Å²) < 4.78 is 52.0. The first-order chi connectivity index (χ1) is 17.8. The molecular weight excluding hydrogens is 489 g/mol. The lowest BCUT2D eigenvalue weighted by atomic mass is 10.0. The minimum absolute atomic E-state index is 0.0282. The number of ether oxygens (including phenoxy) is 1. The molecule has 6 rings (SSSR count). The monoisotopic (exact) mass is 510 g/mol. The molecular formula is C25H21F3N6O3. The summed E-state index contributed by atoms with van der Waals surface area (Å²) in [5, 5.41) is 10.4. The summed E-state index contributed by atoms with van der Waals surface area (Å²) in [7, 11) is 0. The molecule has 1 aliphatic heterocycles. The zero-order valence-electron chi connectivity index (χ0n) is 19.5. The Morgan fingerprint density at radius 2 is 1.84 bits per heavy atom. The molecule has 1 saturated carbocycles. The fourth-order valence-electron chi connectivity index (χ4n) is 4.40. The number of nitrogens with zero attached hydrogens (tertiary/aromatic N) is 5. The van der Waals surface area contributed by atoms with Crippen molar-refractivity contribution in [3.63, 3.8) is 0 Å². The molecule has 0 spiro atoms. The zero-order chi connectivity index (χ0) is 25.6. The topological polar surface area (TPSA) is 108 Å². The lowest BCUT2D eigenvalue weighted by molar-refractivity contribution is -0.165. The highest BCUT2D eigenvalue weighted by Crippen LogP contribution is 2.59. The van der Waals surface area contributed by atoms with Crippen LogP contribution in [0.4, 0.5) is 19.0 Å². The molecule has 9 nitrogen and oxygen atoms in total. The molecule has 1 amide bonds. The number of carbonyl (C=O) groups is 1. The van der Waals surface area contributed by atoms with E-state index in [0.717, 1.165) is 40.7 Å². The summed E-state index contributed by atoms with van der Waals surface area (Å²) in [5.74, 6) is 0.715. The van der Waals surface area contributed by atoms with Gasteiger partial charge >= 0.3 is 6.18 Å². The van der Waals surface area contributed by atoms with Crippen LogP contribution in [-0.4, -0.2) is 43.6 Å². The van der Waals surface area contributed by atoms with Gasteiger partial charge in [-0.3, -0.25) is 4.79 Å². The van der Waals surface area contributed by atoms with Crippen molar-refractivity contribution in [1.82, 2.24) is 24.9 Å². The number of hydrogen-bond acceptors (Lipinski definition) is 7. The molecule has 37 heavy (non-hydrogen) atoms. The standard InChI is InChI=1S/C25H21F3N6O3/c26-25(27,28)24(5-6-24)19-11-21(33-37-19)32-22(35)9-15-1-3-16(4-2-15)18-12-29-20(30-13-18)10-17-14-31-34-7-8-36-23(17)34/h1-4,11-14H,5-10H2,(H,32,33,35). The second-order valence-electron chi connectivity index (χ2n) is 9.19. The normalized spacial score (nSPS) is 15.8. The van der Waals surface area contributed by atoms with Gasteiger partial charge in [0, 0.05) is 36.0 Å². The van der Waals surface area contributed by atoms with Crippen molar-refractivity contribution in [2.24, 2.45) is 0 Å². The maximum atomic E-state index is 13.2. The maximum absolute atomic E-state index is 13.2. The van der Waals surface area contributed by atoms with Gasteiger partial charge in [0.2, 0.25) is 11.8 Å². The van der Waals surface area contributed by atoms with Crippen LogP contribution in [0.25, 0.3) is 11.1 Å². The number of alkyl halides is 3. The number of halogens is 3. The zero-order valence-corrected chi connectivity index (χ0v) is 19.5. The number of rotatable bonds is 7. The highest BCUT2D eigenvalue weighted by Gasteiger charge is 2.66. The van der Waals surface area contributed by atoms with Gasteiger partial charge in [-0.25, -0.2) is 14.6 Å². The minimum atomic E-state index is -4.41. The Morgan fingerprint density at radius 3 is 2.54 bits per heavy atom. The number of carbonyl (C=O) groups excluding carboxylic acids is 1. The predicted molar refractivity (Wildman–Crippen MR) is 124 cm³/mol. The Hall–Kier alpha value is -4.22. The molecule has 190 valence electrons. The number of nitrogens with one attached hydrogen (secondary N) is 1. The average Bonchev–Trinajstić information content (AvgIpc) is 3.17. The first-order valence-electron chi connectivity index (χ1n) is 11.7. The SMILES string of the molecule is O=C(Cc1ccc(-c2cnc(Cc3cnn4c3OCC4)nc2)cc1)Nc1cc(C2(C(F)(F)F)CC2)on1. The van der Waals surface area contributed by atoms with Crippen LogP contribution < -0.4 is 10.1 Å². The summed E-state index contributed by atoms with van der Waals surface area (Å²) in [6.45, 7) is 1.37. The second-order valence-corrected chi connectivity index (χ2v) is 9.19. The summed E-state index contributed by atoms with van der Waals surface area (Å²) in [5.41, 5.74) is 1.40. The number of benzene rings is 1. The van der Waals surface area contributed by atoms with Crippen LogP contribution >= 0.6 is 0 Å². The van der Waals surface area contributed by atoms with E-state index in [1.54, 1.807) is 30.7 Å². The first-order valence-corrected chi connectivity index (χ1v) is 11.7. The molecule has 0 atom stereocenters. The molecule has 3 aromatic heterocycles. The van der Waals surface area contributed by atoms with E-state index in [-0.39, 0.29) is 30.8 Å². The third-order valence-electron chi connectivity index (χ3n) is 6.65. The molecule has 0 bridgehead atoms. The van der Waals surface area contributed by atoms with Crippen LogP contribution in [0.1, 0.15) is 35.6 Å². The summed E-state index contributed by atoms with van der Waals surface area (Å²) >= 11 is 0. The molecule has 0 radical (unpaired) electrons. The van der Waals surface area contributed by atoms with Crippen molar-refractivity contribution < 1.29 is 27.2 Å². The third-order valence-corrected chi connectivity index (χ3v) is 6.65. The Balaban J connectivity index is 1.06. The smallest absolute Gasteiger partial charge is 0.401 e. The number of anilines is 1. The Kier molecular flexibility index (Phi) is 5.46. The van der Waals surface area contributed by atoms with E-state index >= 15 is 0 Å². The fourth-order valence-corrected chi connectivity index (χ4v) is 4.40. The number of amides is 1. The van der Waals surface area contributed by atoms with Gasteiger partial charge in [0.05, 0.1) is 19.2 Å². The van der Waals surface area contributed by atoms with E-state index in [2.05, 4.69) is 25.5 Å². The molecule has 1 fully saturated rings. The molecule has 1 aromatic carbocycles. The first kappa shape index (κ1) is 23.2. The molecule has 4 aromatic rings. The van der Waals surface area contributed by atoms with Gasteiger partial charge in [-0.05, 0) is 24.0 Å². The van der Waals surface area contributed by atoms with Crippen LogP contribution in [-0.2, 0) is 29.6 Å². The molecule has 4 heterocycles. The van der Waals surface area contributed by atoms with Gasteiger partial charge in [-0.15, -0.1) is 0 Å². The van der Waals surface area contributed by atoms with Crippen LogP contribution in [0.5, 0.6) is 5.88 Å². The molecule has 12 heteroatoms. The van der Waals surface area contributed by atoms with Crippen molar-refractivity contribution in [1.29, 1.82) is 0 Å². The molecule has 1 N–H and O–H groups in total. The van der Waals surface area contributed by atoms with Crippen molar-refractivity contribution in [2.75, 3.05) is 11.9 Å². The van der Waals surface area contributed by atoms with Crippen molar-refractivity contribution >= 4 is 11.7 Å². The van der Waals surface area contributed by atoms with Gasteiger partial charge < -0.3 is 14.6 Å². The quantitative estimate of drug-likeness (QED) is 0.399. The minimum Gasteiger partial charge on any atom is -0.476 e. The maximum Gasteiger partial charge on any atom is 0.401 e. The summed E-state index contributed by atoms with van der Waals surface area (Å²) in [4.78, 5) is 21.3. The van der Waals surface area contributed by atoms with Gasteiger partial charge in [0.25, 0.3) is 0 Å². The van der Waals surface area contributed by atoms with E-state index in [0.29, 0.717) is 18.9 Å². The van der Waals surface area contributed by atoms with Gasteiger partial charge in [-0.1, -0.05) is 29.4 Å². The van der Waals surface area contributed by atoms with Crippen LogP contribution in [0.3, 0.4) is 0 Å². The molecule has 1 aliphatic carbocycles. The second kappa shape index (κ2) is 8.71. The molecule has 2 aliphatic rings. The number of aromatic nitrogens is 5. The molecule has 0 saturated heterocycles. The van der Waals surface area contributed by atoms with Crippen molar-refractivity contribution in [2.45, 2.75) is 43.8 Å². The van der Waals surface area contributed by atoms with E-state index in [4.69, 9.17) is 9.26 Å². The summed E-state index contributed by atoms with van der Waals surface area (Å²) in [6.07, 6.45) is 1.31. The lowest BCUT2D eigenvalue weighted by Crippen LogP contribution is -2.28. The highest BCUT2D eigenvalue weighted by molar-refractivity contribution is 5.91. The largest absolute Gasteiger partial charge is 0.476 e. The van der Waals surface area contributed by atoms with E-state index in [1.165, 1.54) is 0 Å². The Labute approximate surface area is 208 Å². The van der Waals surface area contributed by atoms with E-state index in [1.807, 2.05) is 16.8 Å².